The second-order valence-corrected chi connectivity index (χ2v) is 7.18. The van der Waals surface area contributed by atoms with Crippen LogP contribution in [0, 0.1) is 17.0 Å². The Morgan fingerprint density at radius 3 is 2.37 bits per heavy atom. The predicted molar refractivity (Wildman–Crippen MR) is 117 cm³/mol. The lowest BCUT2D eigenvalue weighted by Gasteiger charge is -2.35. The summed E-state index contributed by atoms with van der Waals surface area (Å²) in [6, 6.07) is 3.59. The van der Waals surface area contributed by atoms with Crippen molar-refractivity contribution in [1.29, 1.82) is 0 Å². The predicted octanol–water partition coefficient (Wildman–Crippen LogP) is 4.01. The lowest BCUT2D eigenvalue weighted by atomic mass is 9.72. The van der Waals surface area contributed by atoms with Gasteiger partial charge in [-0.15, -0.1) is 24.0 Å². The molecule has 3 N–H and O–H groups in total. The van der Waals surface area contributed by atoms with Crippen LogP contribution in [0.2, 0.25) is 0 Å². The van der Waals surface area contributed by atoms with Crippen molar-refractivity contribution in [2.24, 2.45) is 10.4 Å². The van der Waals surface area contributed by atoms with Crippen LogP contribution in [0.15, 0.2) is 23.2 Å². The highest BCUT2D eigenvalue weighted by atomic mass is 127. The lowest BCUT2D eigenvalue weighted by Crippen LogP contribution is -2.40. The van der Waals surface area contributed by atoms with Crippen LogP contribution in [-0.2, 0) is 6.42 Å². The fourth-order valence-electron chi connectivity index (χ4n) is 3.70. The third kappa shape index (κ3) is 8.29. The fraction of sp³-hybridized carbons (Fsp3) is 0.650. The van der Waals surface area contributed by atoms with Gasteiger partial charge in [-0.2, -0.15) is 0 Å². The maximum Gasteiger partial charge on any atom is 0.191 e. The van der Waals surface area contributed by atoms with E-state index in [0.29, 0.717) is 31.0 Å². The first-order chi connectivity index (χ1) is 12.6. The molecule has 0 saturated heterocycles. The third-order valence-electron chi connectivity index (χ3n) is 5.10. The molecule has 0 unspecified atom stereocenters. The third-order valence-corrected chi connectivity index (χ3v) is 5.10. The van der Waals surface area contributed by atoms with Crippen LogP contribution < -0.4 is 10.6 Å². The van der Waals surface area contributed by atoms with Gasteiger partial charge in [0.1, 0.15) is 11.6 Å². The van der Waals surface area contributed by atoms with Crippen LogP contribution >= 0.6 is 24.0 Å². The molecule has 0 spiro atoms. The molecule has 1 saturated carbocycles. The summed E-state index contributed by atoms with van der Waals surface area (Å²) in [5.74, 6) is -0.389. The van der Waals surface area contributed by atoms with Crippen LogP contribution in [-0.4, -0.2) is 37.3 Å². The summed E-state index contributed by atoms with van der Waals surface area (Å²) in [5.41, 5.74) is 0.719. The molecule has 7 heteroatoms. The van der Waals surface area contributed by atoms with Gasteiger partial charge in [0.25, 0.3) is 0 Å². The summed E-state index contributed by atoms with van der Waals surface area (Å²) in [5, 5.41) is 15.9. The Balaban J connectivity index is 0.00000364. The normalized spacial score (nSPS) is 16.5. The van der Waals surface area contributed by atoms with Gasteiger partial charge in [-0.3, -0.25) is 4.99 Å². The van der Waals surface area contributed by atoms with E-state index in [9.17, 15) is 13.9 Å². The van der Waals surface area contributed by atoms with E-state index in [1.807, 2.05) is 6.92 Å². The van der Waals surface area contributed by atoms with E-state index in [1.54, 1.807) is 0 Å². The number of rotatable bonds is 8. The molecule has 2 rings (SSSR count). The Morgan fingerprint density at radius 1 is 1.11 bits per heavy atom. The van der Waals surface area contributed by atoms with Gasteiger partial charge in [-0.05, 0) is 55.7 Å². The largest absolute Gasteiger partial charge is 0.396 e. The minimum absolute atomic E-state index is 0. The highest BCUT2D eigenvalue weighted by Gasteiger charge is 2.31. The molecule has 154 valence electrons. The molecule has 4 nitrogen and oxygen atoms in total. The van der Waals surface area contributed by atoms with Crippen molar-refractivity contribution in [3.05, 3.63) is 35.4 Å². The van der Waals surface area contributed by atoms with Crippen molar-refractivity contribution in [3.8, 4) is 0 Å². The first-order valence-corrected chi connectivity index (χ1v) is 9.65. The Labute approximate surface area is 178 Å². The zero-order chi connectivity index (χ0) is 18.8. The van der Waals surface area contributed by atoms with Crippen LogP contribution in [0.4, 0.5) is 8.78 Å². The van der Waals surface area contributed by atoms with Gasteiger partial charge in [-0.1, -0.05) is 19.3 Å². The number of hydrogen-bond donors (Lipinski definition) is 3. The van der Waals surface area contributed by atoms with Crippen molar-refractivity contribution in [2.75, 3.05) is 26.2 Å². The number of hydrogen-bond acceptors (Lipinski definition) is 2. The highest BCUT2D eigenvalue weighted by molar-refractivity contribution is 14.0. The molecule has 0 amide bonds. The quantitative estimate of drug-likeness (QED) is 0.290. The molecule has 0 atom stereocenters. The van der Waals surface area contributed by atoms with Gasteiger partial charge in [0, 0.05) is 32.3 Å². The maximum absolute atomic E-state index is 13.3. The van der Waals surface area contributed by atoms with Gasteiger partial charge in [0.05, 0.1) is 0 Å². The molecule has 0 heterocycles. The zero-order valence-electron chi connectivity index (χ0n) is 16.1. The number of aliphatic hydroxyl groups excluding tert-OH is 1. The summed E-state index contributed by atoms with van der Waals surface area (Å²) in [6.45, 7) is 4.18. The molecule has 1 aromatic rings. The van der Waals surface area contributed by atoms with Crippen LogP contribution in [0.1, 0.15) is 51.0 Å². The number of benzene rings is 1. The van der Waals surface area contributed by atoms with Crippen molar-refractivity contribution in [2.45, 2.75) is 51.9 Å². The summed E-state index contributed by atoms with van der Waals surface area (Å²) >= 11 is 0. The molecule has 0 radical (unpaired) electrons. The van der Waals surface area contributed by atoms with Gasteiger partial charge in [0.15, 0.2) is 5.96 Å². The first-order valence-electron chi connectivity index (χ1n) is 9.65. The van der Waals surface area contributed by atoms with Crippen molar-refractivity contribution >= 4 is 29.9 Å². The van der Waals surface area contributed by atoms with Crippen molar-refractivity contribution < 1.29 is 13.9 Å². The highest BCUT2D eigenvalue weighted by Crippen LogP contribution is 2.39. The van der Waals surface area contributed by atoms with Gasteiger partial charge < -0.3 is 15.7 Å². The standard InChI is InChI=1S/C20H31F2N3O.HI/c1-2-23-19(24-10-6-16-12-17(21)14-18(22)13-16)25-15-20(9-11-26)7-4-3-5-8-20;/h12-14,26H,2-11,15H2,1H3,(H2,23,24,25);1H. The monoisotopic (exact) mass is 495 g/mol. The van der Waals surface area contributed by atoms with Gasteiger partial charge in [-0.25, -0.2) is 8.78 Å². The maximum atomic E-state index is 13.3. The second kappa shape index (κ2) is 12.5. The molecule has 1 aliphatic carbocycles. The first kappa shape index (κ1) is 24.1. The van der Waals surface area contributed by atoms with E-state index < -0.39 is 11.6 Å². The number of halogens is 3. The van der Waals surface area contributed by atoms with E-state index in [1.165, 1.54) is 31.4 Å². The minimum Gasteiger partial charge on any atom is -0.396 e. The molecule has 1 fully saturated rings. The molecule has 1 aromatic carbocycles. The Kier molecular flexibility index (Phi) is 11.1. The minimum atomic E-state index is -0.552. The van der Waals surface area contributed by atoms with Gasteiger partial charge >= 0.3 is 0 Å². The molecule has 0 aliphatic heterocycles. The number of aliphatic hydroxyl groups is 1. The number of guanidine groups is 1. The average Bonchev–Trinajstić information content (AvgIpc) is 2.60. The smallest absolute Gasteiger partial charge is 0.191 e. The molecule has 0 aromatic heterocycles. The van der Waals surface area contributed by atoms with E-state index >= 15 is 0 Å². The van der Waals surface area contributed by atoms with Crippen LogP contribution in [0.3, 0.4) is 0 Å². The van der Waals surface area contributed by atoms with E-state index in [0.717, 1.165) is 31.9 Å². The molecule has 1 aliphatic rings. The summed E-state index contributed by atoms with van der Waals surface area (Å²) in [7, 11) is 0. The summed E-state index contributed by atoms with van der Waals surface area (Å²) in [4.78, 5) is 4.73. The molecule has 0 bridgehead atoms. The fourth-order valence-corrected chi connectivity index (χ4v) is 3.70. The van der Waals surface area contributed by atoms with Crippen molar-refractivity contribution in [1.82, 2.24) is 10.6 Å². The van der Waals surface area contributed by atoms with Gasteiger partial charge in [0.2, 0.25) is 0 Å². The Hall–Kier alpha value is -0.960. The summed E-state index contributed by atoms with van der Waals surface area (Å²) in [6.07, 6.45) is 7.19. The van der Waals surface area contributed by atoms with E-state index in [-0.39, 0.29) is 36.0 Å². The lowest BCUT2D eigenvalue weighted by molar-refractivity contribution is 0.137. The second-order valence-electron chi connectivity index (χ2n) is 7.18. The zero-order valence-corrected chi connectivity index (χ0v) is 18.4. The van der Waals surface area contributed by atoms with E-state index in [2.05, 4.69) is 10.6 Å². The molecule has 27 heavy (non-hydrogen) atoms. The molecular formula is C20H32F2IN3O. The number of nitrogens with zero attached hydrogens (tertiary/aromatic N) is 1. The Bertz CT molecular complexity index is 567. The van der Waals surface area contributed by atoms with Crippen molar-refractivity contribution in [3.63, 3.8) is 0 Å². The van der Waals surface area contributed by atoms with Crippen LogP contribution in [0.5, 0.6) is 0 Å². The topological polar surface area (TPSA) is 56.7 Å². The average molecular weight is 495 g/mol. The Morgan fingerprint density at radius 2 is 1.78 bits per heavy atom. The SMILES string of the molecule is CCNC(=NCC1(CCO)CCCCC1)NCCc1cc(F)cc(F)c1.I. The molecular weight excluding hydrogens is 463 g/mol. The van der Waals surface area contributed by atoms with Crippen LogP contribution in [0.25, 0.3) is 0 Å². The summed E-state index contributed by atoms with van der Waals surface area (Å²) < 4.78 is 26.5. The number of aliphatic imine (C=N–C) groups is 1. The number of nitrogens with one attached hydrogen (secondary N) is 2. The van der Waals surface area contributed by atoms with E-state index in [4.69, 9.17) is 4.99 Å².